The van der Waals surface area contributed by atoms with Crippen LogP contribution in [0, 0.1) is 21.3 Å². The molecule has 0 saturated heterocycles. The molecule has 0 aromatic heterocycles. The van der Waals surface area contributed by atoms with Crippen molar-refractivity contribution in [1.29, 1.82) is 0 Å². The van der Waals surface area contributed by atoms with E-state index in [2.05, 4.69) is 66.1 Å². The second-order valence-corrected chi connectivity index (χ2v) is 6.86. The first kappa shape index (κ1) is 14.3. The zero-order valence-electron chi connectivity index (χ0n) is 11.2. The van der Waals surface area contributed by atoms with E-state index in [0.29, 0.717) is 12.0 Å². The molecule has 0 heterocycles. The molecule has 100 valence electrons. The maximum absolute atomic E-state index is 5.83. The molecule has 4 atom stereocenters. The summed E-state index contributed by atoms with van der Waals surface area (Å²) in [5, 5.41) is 0. The van der Waals surface area contributed by atoms with Gasteiger partial charge in [0.05, 0.1) is 0 Å². The fourth-order valence-corrected chi connectivity index (χ4v) is 3.82. The van der Waals surface area contributed by atoms with Gasteiger partial charge in [0.15, 0.2) is 0 Å². The van der Waals surface area contributed by atoms with Crippen molar-refractivity contribution in [3.05, 3.63) is 33.4 Å². The molecule has 3 N–H and O–H groups in total. The molecule has 1 aromatic carbocycles. The summed E-state index contributed by atoms with van der Waals surface area (Å²) >= 11 is 2.41. The summed E-state index contributed by atoms with van der Waals surface area (Å²) in [5.41, 5.74) is 4.41. The molecule has 0 radical (unpaired) electrons. The molecule has 0 aliphatic heterocycles. The quantitative estimate of drug-likeness (QED) is 0.489. The van der Waals surface area contributed by atoms with Crippen molar-refractivity contribution in [1.82, 2.24) is 5.43 Å². The lowest BCUT2D eigenvalue weighted by molar-refractivity contribution is 0.171. The van der Waals surface area contributed by atoms with Crippen LogP contribution in [0.4, 0.5) is 0 Å². The van der Waals surface area contributed by atoms with Crippen LogP contribution in [0.25, 0.3) is 0 Å². The van der Waals surface area contributed by atoms with E-state index >= 15 is 0 Å². The zero-order valence-corrected chi connectivity index (χ0v) is 13.4. The SMILES string of the molecule is CC1CCC(C(NN)c2ccccc2I)CC1C. The minimum atomic E-state index is 0.299. The van der Waals surface area contributed by atoms with Crippen molar-refractivity contribution in [3.63, 3.8) is 0 Å². The van der Waals surface area contributed by atoms with Crippen LogP contribution in [-0.4, -0.2) is 0 Å². The molecule has 1 aromatic rings. The number of nitrogens with two attached hydrogens (primary N) is 1. The molecule has 3 heteroatoms. The van der Waals surface area contributed by atoms with Gasteiger partial charge < -0.3 is 0 Å². The highest BCUT2D eigenvalue weighted by Gasteiger charge is 2.31. The molecule has 0 bridgehead atoms. The van der Waals surface area contributed by atoms with Crippen molar-refractivity contribution in [2.75, 3.05) is 0 Å². The Morgan fingerprint density at radius 2 is 1.94 bits per heavy atom. The normalized spacial score (nSPS) is 30.1. The highest BCUT2D eigenvalue weighted by Crippen LogP contribution is 2.40. The van der Waals surface area contributed by atoms with E-state index in [1.54, 1.807) is 0 Å². The summed E-state index contributed by atoms with van der Waals surface area (Å²) in [5.74, 6) is 8.16. The van der Waals surface area contributed by atoms with Gasteiger partial charge in [-0.15, -0.1) is 0 Å². The Balaban J connectivity index is 2.17. The van der Waals surface area contributed by atoms with Crippen LogP contribution in [0.3, 0.4) is 0 Å². The van der Waals surface area contributed by atoms with E-state index in [4.69, 9.17) is 5.84 Å². The van der Waals surface area contributed by atoms with Crippen LogP contribution >= 0.6 is 22.6 Å². The Hall–Kier alpha value is -0.130. The summed E-state index contributed by atoms with van der Waals surface area (Å²) in [6.45, 7) is 4.75. The van der Waals surface area contributed by atoms with Crippen LogP contribution in [0.5, 0.6) is 0 Å². The maximum atomic E-state index is 5.83. The third kappa shape index (κ3) is 3.06. The van der Waals surface area contributed by atoms with Crippen LogP contribution in [0.15, 0.2) is 24.3 Å². The lowest BCUT2D eigenvalue weighted by Gasteiger charge is -2.37. The van der Waals surface area contributed by atoms with E-state index in [1.165, 1.54) is 28.4 Å². The van der Waals surface area contributed by atoms with Gasteiger partial charge in [0.25, 0.3) is 0 Å². The lowest BCUT2D eigenvalue weighted by atomic mass is 9.72. The Morgan fingerprint density at radius 1 is 1.22 bits per heavy atom. The molecule has 4 unspecified atom stereocenters. The minimum absolute atomic E-state index is 0.299. The zero-order chi connectivity index (χ0) is 13.1. The van der Waals surface area contributed by atoms with E-state index in [-0.39, 0.29) is 0 Å². The summed E-state index contributed by atoms with van der Waals surface area (Å²) in [7, 11) is 0. The number of halogens is 1. The summed E-state index contributed by atoms with van der Waals surface area (Å²) in [6, 6.07) is 8.86. The number of nitrogens with one attached hydrogen (secondary N) is 1. The topological polar surface area (TPSA) is 38.0 Å². The first-order valence-corrected chi connectivity index (χ1v) is 7.92. The van der Waals surface area contributed by atoms with Crippen molar-refractivity contribution in [3.8, 4) is 0 Å². The molecule has 1 aliphatic rings. The average Bonchev–Trinajstić information content (AvgIpc) is 2.37. The van der Waals surface area contributed by atoms with E-state index in [0.717, 1.165) is 11.8 Å². The van der Waals surface area contributed by atoms with Gasteiger partial charge in [0.1, 0.15) is 0 Å². The fourth-order valence-electron chi connectivity index (χ4n) is 3.10. The molecular formula is C15H23IN2. The van der Waals surface area contributed by atoms with Gasteiger partial charge in [-0.1, -0.05) is 38.5 Å². The van der Waals surface area contributed by atoms with Crippen molar-refractivity contribution >= 4 is 22.6 Å². The van der Waals surface area contributed by atoms with E-state index in [9.17, 15) is 0 Å². The van der Waals surface area contributed by atoms with Gasteiger partial charge >= 0.3 is 0 Å². The lowest BCUT2D eigenvalue weighted by Crippen LogP contribution is -2.37. The van der Waals surface area contributed by atoms with Gasteiger partial charge in [-0.2, -0.15) is 0 Å². The Morgan fingerprint density at radius 3 is 2.56 bits per heavy atom. The second-order valence-electron chi connectivity index (χ2n) is 5.69. The number of hydrazine groups is 1. The fraction of sp³-hybridized carbons (Fsp3) is 0.600. The Bertz CT molecular complexity index is 394. The molecule has 18 heavy (non-hydrogen) atoms. The predicted octanol–water partition coefficient (Wildman–Crippen LogP) is 3.87. The van der Waals surface area contributed by atoms with Gasteiger partial charge in [0.2, 0.25) is 0 Å². The van der Waals surface area contributed by atoms with Crippen LogP contribution in [0.1, 0.15) is 44.7 Å². The number of benzene rings is 1. The van der Waals surface area contributed by atoms with Gasteiger partial charge in [0, 0.05) is 9.61 Å². The highest BCUT2D eigenvalue weighted by molar-refractivity contribution is 14.1. The number of rotatable bonds is 3. The Labute approximate surface area is 124 Å². The van der Waals surface area contributed by atoms with Crippen molar-refractivity contribution in [2.45, 2.75) is 39.2 Å². The van der Waals surface area contributed by atoms with E-state index in [1.807, 2.05) is 0 Å². The monoisotopic (exact) mass is 358 g/mol. The van der Waals surface area contributed by atoms with Crippen molar-refractivity contribution < 1.29 is 0 Å². The summed E-state index contributed by atoms with van der Waals surface area (Å²) in [6.07, 6.45) is 3.89. The standard InChI is InChI=1S/C15H23IN2/c1-10-7-8-12(9-11(10)2)15(18-17)13-5-3-4-6-14(13)16/h3-6,10-12,15,18H,7-9,17H2,1-2H3. The van der Waals surface area contributed by atoms with Crippen LogP contribution < -0.4 is 11.3 Å². The Kier molecular flexibility index (Phi) is 5.04. The first-order chi connectivity index (χ1) is 8.63. The summed E-state index contributed by atoms with van der Waals surface area (Å²) in [4.78, 5) is 0. The summed E-state index contributed by atoms with van der Waals surface area (Å²) < 4.78 is 1.31. The highest BCUT2D eigenvalue weighted by atomic mass is 127. The smallest absolute Gasteiger partial charge is 0.0498 e. The minimum Gasteiger partial charge on any atom is -0.271 e. The van der Waals surface area contributed by atoms with Gasteiger partial charge in [-0.25, -0.2) is 0 Å². The predicted molar refractivity (Wildman–Crippen MR) is 84.9 cm³/mol. The molecule has 2 nitrogen and oxygen atoms in total. The molecule has 1 aliphatic carbocycles. The van der Waals surface area contributed by atoms with E-state index < -0.39 is 0 Å². The third-order valence-corrected chi connectivity index (χ3v) is 5.51. The van der Waals surface area contributed by atoms with Crippen molar-refractivity contribution in [2.24, 2.45) is 23.6 Å². The molecule has 0 amide bonds. The first-order valence-electron chi connectivity index (χ1n) is 6.84. The molecule has 0 spiro atoms. The third-order valence-electron chi connectivity index (χ3n) is 4.53. The molecule has 1 fully saturated rings. The van der Waals surface area contributed by atoms with Crippen LogP contribution in [0.2, 0.25) is 0 Å². The molecule has 2 rings (SSSR count). The number of hydrogen-bond donors (Lipinski definition) is 2. The van der Waals surface area contributed by atoms with Crippen LogP contribution in [-0.2, 0) is 0 Å². The molecular weight excluding hydrogens is 335 g/mol. The molecule has 1 saturated carbocycles. The second kappa shape index (κ2) is 6.35. The largest absolute Gasteiger partial charge is 0.271 e. The maximum Gasteiger partial charge on any atom is 0.0498 e. The average molecular weight is 358 g/mol. The van der Waals surface area contributed by atoms with Gasteiger partial charge in [-0.05, 0) is 64.8 Å². The number of hydrogen-bond acceptors (Lipinski definition) is 2. The van der Waals surface area contributed by atoms with Gasteiger partial charge in [-0.3, -0.25) is 11.3 Å².